The number of para-hydroxylation sites is 2. The van der Waals surface area contributed by atoms with Crippen LogP contribution in [0.2, 0.25) is 0 Å². The largest absolute Gasteiger partial charge is 0.309 e. The summed E-state index contributed by atoms with van der Waals surface area (Å²) in [5.41, 5.74) is 8.69. The molecule has 4 heterocycles. The second kappa shape index (κ2) is 11.0. The second-order valence-corrected chi connectivity index (χ2v) is 14.1. The van der Waals surface area contributed by atoms with E-state index in [0.29, 0.717) is 5.82 Å². The summed E-state index contributed by atoms with van der Waals surface area (Å²) in [5, 5.41) is 7.42. The first-order chi connectivity index (χ1) is 25.3. The SMILES string of the molecule is c1ccc(-c2cc(-n3c4ccccc4c4cc5c(cc43)c3cc4c(cc3n5-c3ccccc3)sc3ccccc34)nc(-c3ccccc3)n2)cc1. The fourth-order valence-electron chi connectivity index (χ4n) is 7.82. The smallest absolute Gasteiger partial charge is 0.162 e. The summed E-state index contributed by atoms with van der Waals surface area (Å²) < 4.78 is 7.37. The van der Waals surface area contributed by atoms with Crippen molar-refractivity contribution in [1.82, 2.24) is 19.1 Å². The van der Waals surface area contributed by atoms with Crippen LogP contribution in [0.1, 0.15) is 0 Å². The Bertz CT molecular complexity index is 3060. The summed E-state index contributed by atoms with van der Waals surface area (Å²) in [7, 11) is 0. The molecule has 238 valence electrons. The van der Waals surface area contributed by atoms with Crippen LogP contribution in [-0.4, -0.2) is 19.1 Å². The fraction of sp³-hybridized carbons (Fsp3) is 0. The van der Waals surface area contributed by atoms with Crippen molar-refractivity contribution in [1.29, 1.82) is 0 Å². The first-order valence-corrected chi connectivity index (χ1v) is 18.0. The van der Waals surface area contributed by atoms with Gasteiger partial charge < -0.3 is 4.57 Å². The second-order valence-electron chi connectivity index (χ2n) is 13.0. The topological polar surface area (TPSA) is 35.6 Å². The highest BCUT2D eigenvalue weighted by Gasteiger charge is 2.21. The Labute approximate surface area is 297 Å². The number of benzene rings is 7. The lowest BCUT2D eigenvalue weighted by molar-refractivity contribution is 1.05. The quantitative estimate of drug-likeness (QED) is 0.187. The van der Waals surface area contributed by atoms with Crippen LogP contribution in [0.5, 0.6) is 0 Å². The summed E-state index contributed by atoms with van der Waals surface area (Å²) in [6.45, 7) is 0. The van der Waals surface area contributed by atoms with Gasteiger partial charge in [-0.15, -0.1) is 11.3 Å². The highest BCUT2D eigenvalue weighted by atomic mass is 32.1. The number of hydrogen-bond acceptors (Lipinski definition) is 3. The van der Waals surface area contributed by atoms with Gasteiger partial charge in [0.05, 0.1) is 27.8 Å². The minimum Gasteiger partial charge on any atom is -0.309 e. The van der Waals surface area contributed by atoms with Gasteiger partial charge in [0.15, 0.2) is 5.82 Å². The van der Waals surface area contributed by atoms with Crippen LogP contribution in [0, 0.1) is 0 Å². The van der Waals surface area contributed by atoms with Gasteiger partial charge in [0.1, 0.15) is 5.82 Å². The van der Waals surface area contributed by atoms with Crippen molar-refractivity contribution < 1.29 is 0 Å². The van der Waals surface area contributed by atoms with E-state index in [1.807, 2.05) is 35.6 Å². The summed E-state index contributed by atoms with van der Waals surface area (Å²) in [6.07, 6.45) is 0. The van der Waals surface area contributed by atoms with E-state index in [-0.39, 0.29) is 0 Å². The van der Waals surface area contributed by atoms with Crippen molar-refractivity contribution in [3.8, 4) is 34.2 Å². The molecule has 11 aromatic rings. The maximum Gasteiger partial charge on any atom is 0.162 e. The molecule has 0 spiro atoms. The van der Waals surface area contributed by atoms with Crippen molar-refractivity contribution >= 4 is 75.1 Å². The predicted octanol–water partition coefficient (Wildman–Crippen LogP) is 12.4. The average molecular weight is 669 g/mol. The predicted molar refractivity (Wildman–Crippen MR) is 214 cm³/mol. The molecule has 7 aromatic carbocycles. The molecule has 0 amide bonds. The van der Waals surface area contributed by atoms with Crippen LogP contribution in [0.15, 0.2) is 170 Å². The molecule has 0 atom stereocenters. The molecule has 0 saturated heterocycles. The molecule has 0 aliphatic heterocycles. The first kappa shape index (κ1) is 28.3. The van der Waals surface area contributed by atoms with E-state index < -0.39 is 0 Å². The molecule has 0 aliphatic carbocycles. The van der Waals surface area contributed by atoms with Crippen molar-refractivity contribution in [3.63, 3.8) is 0 Å². The van der Waals surface area contributed by atoms with Gasteiger partial charge in [-0.1, -0.05) is 115 Å². The van der Waals surface area contributed by atoms with Crippen LogP contribution in [0.25, 0.3) is 97.9 Å². The lowest BCUT2D eigenvalue weighted by Crippen LogP contribution is -2.02. The van der Waals surface area contributed by atoms with Gasteiger partial charge in [-0.3, -0.25) is 4.57 Å². The zero-order chi connectivity index (χ0) is 33.5. The lowest BCUT2D eigenvalue weighted by Gasteiger charge is -2.12. The number of fused-ring (bicyclic) bond motifs is 9. The zero-order valence-corrected chi connectivity index (χ0v) is 28.2. The van der Waals surface area contributed by atoms with Crippen molar-refractivity contribution in [2.24, 2.45) is 0 Å². The number of thiophene rings is 1. The van der Waals surface area contributed by atoms with E-state index in [1.165, 1.54) is 52.8 Å². The lowest BCUT2D eigenvalue weighted by atomic mass is 10.1. The zero-order valence-electron chi connectivity index (χ0n) is 27.4. The maximum atomic E-state index is 5.28. The van der Waals surface area contributed by atoms with Gasteiger partial charge in [0.25, 0.3) is 0 Å². The fourth-order valence-corrected chi connectivity index (χ4v) is 8.94. The molecule has 5 heteroatoms. The van der Waals surface area contributed by atoms with Crippen molar-refractivity contribution in [3.05, 3.63) is 170 Å². The number of nitrogens with zero attached hydrogens (tertiary/aromatic N) is 4. The van der Waals surface area contributed by atoms with Gasteiger partial charge >= 0.3 is 0 Å². The molecule has 0 fully saturated rings. The molecular weight excluding hydrogens is 641 g/mol. The van der Waals surface area contributed by atoms with Crippen molar-refractivity contribution in [2.45, 2.75) is 0 Å². The number of hydrogen-bond donors (Lipinski definition) is 0. The molecule has 4 aromatic heterocycles. The molecule has 4 nitrogen and oxygen atoms in total. The molecule has 0 bridgehead atoms. The van der Waals surface area contributed by atoms with Crippen LogP contribution in [-0.2, 0) is 0 Å². The Balaban J connectivity index is 1.27. The van der Waals surface area contributed by atoms with Crippen LogP contribution < -0.4 is 0 Å². The number of rotatable bonds is 4. The Hall–Kier alpha value is -6.56. The van der Waals surface area contributed by atoms with E-state index in [9.17, 15) is 0 Å². The van der Waals surface area contributed by atoms with Gasteiger partial charge in [0, 0.05) is 64.6 Å². The third-order valence-electron chi connectivity index (χ3n) is 10.1. The van der Waals surface area contributed by atoms with Crippen LogP contribution in [0.4, 0.5) is 0 Å². The molecule has 0 N–H and O–H groups in total. The molecule has 51 heavy (non-hydrogen) atoms. The van der Waals surface area contributed by atoms with Gasteiger partial charge in [-0.2, -0.15) is 0 Å². The van der Waals surface area contributed by atoms with Crippen LogP contribution >= 0.6 is 11.3 Å². The van der Waals surface area contributed by atoms with Crippen molar-refractivity contribution in [2.75, 3.05) is 0 Å². The minimum absolute atomic E-state index is 0.700. The maximum absolute atomic E-state index is 5.28. The van der Waals surface area contributed by atoms with E-state index >= 15 is 0 Å². The molecule has 0 radical (unpaired) electrons. The number of aromatic nitrogens is 4. The van der Waals surface area contributed by atoms with Gasteiger partial charge in [-0.05, 0) is 48.5 Å². The summed E-state index contributed by atoms with van der Waals surface area (Å²) >= 11 is 1.86. The average Bonchev–Trinajstić information content (AvgIpc) is 3.83. The normalized spacial score (nSPS) is 11.9. The summed E-state index contributed by atoms with van der Waals surface area (Å²) in [6, 6.07) is 60.6. The molecule has 11 rings (SSSR count). The third-order valence-corrected chi connectivity index (χ3v) is 11.2. The molecule has 0 saturated carbocycles. The Kier molecular flexibility index (Phi) is 6.09. The Morgan fingerprint density at radius 1 is 0.373 bits per heavy atom. The first-order valence-electron chi connectivity index (χ1n) is 17.2. The highest BCUT2D eigenvalue weighted by molar-refractivity contribution is 7.25. The molecule has 0 aliphatic rings. The standard InChI is InChI=1S/C46H28N4S/c1-4-14-29(15-5-1)38-27-45(48-46(47-38)30-16-6-2-7-17-30)50-39-22-12-10-20-32(39)35-25-40-36(26-41(35)50)34-24-37-33-21-11-13-23-43(33)51-44(37)28-42(34)49(40)31-18-8-3-9-19-31/h1-28H. The van der Waals surface area contributed by atoms with Gasteiger partial charge in [0.2, 0.25) is 0 Å². The van der Waals surface area contributed by atoms with E-state index in [2.05, 4.69) is 155 Å². The highest BCUT2D eigenvalue weighted by Crippen LogP contribution is 2.43. The van der Waals surface area contributed by atoms with Gasteiger partial charge in [-0.25, -0.2) is 9.97 Å². The monoisotopic (exact) mass is 668 g/mol. The summed E-state index contributed by atoms with van der Waals surface area (Å²) in [5.74, 6) is 1.54. The Morgan fingerprint density at radius 2 is 0.961 bits per heavy atom. The third kappa shape index (κ3) is 4.32. The Morgan fingerprint density at radius 3 is 1.75 bits per heavy atom. The minimum atomic E-state index is 0.700. The molecular formula is C46H28N4S. The van der Waals surface area contributed by atoms with E-state index in [4.69, 9.17) is 9.97 Å². The summed E-state index contributed by atoms with van der Waals surface area (Å²) in [4.78, 5) is 10.4. The van der Waals surface area contributed by atoms with E-state index in [1.54, 1.807) is 0 Å². The van der Waals surface area contributed by atoms with Crippen LogP contribution in [0.3, 0.4) is 0 Å². The molecule has 0 unspecified atom stereocenters. The van der Waals surface area contributed by atoms with E-state index in [0.717, 1.165) is 39.4 Å².